The van der Waals surface area contributed by atoms with E-state index in [9.17, 15) is 10.1 Å². The molecule has 0 amide bonds. The third-order valence-electron chi connectivity index (χ3n) is 4.77. The Morgan fingerprint density at radius 3 is 2.90 bits per heavy atom. The molecule has 3 rings (SSSR count). The summed E-state index contributed by atoms with van der Waals surface area (Å²) in [6.07, 6.45) is 4.92. The molecule has 2 aliphatic rings. The van der Waals surface area contributed by atoms with Crippen molar-refractivity contribution in [3.05, 3.63) is 33.9 Å². The average Bonchev–Trinajstić information content (AvgIpc) is 3.08. The van der Waals surface area contributed by atoms with E-state index in [1.54, 1.807) is 12.1 Å². The van der Waals surface area contributed by atoms with Gasteiger partial charge in [0.1, 0.15) is 5.69 Å². The lowest BCUT2D eigenvalue weighted by Gasteiger charge is -2.27. The zero-order chi connectivity index (χ0) is 14.8. The minimum atomic E-state index is -0.280. The molecule has 5 nitrogen and oxygen atoms in total. The molecule has 1 aromatic carbocycles. The van der Waals surface area contributed by atoms with Crippen molar-refractivity contribution in [1.82, 2.24) is 4.90 Å². The van der Waals surface area contributed by atoms with Gasteiger partial charge in [0.2, 0.25) is 0 Å². The van der Waals surface area contributed by atoms with Crippen molar-refractivity contribution < 1.29 is 4.92 Å². The maximum absolute atomic E-state index is 11.3. The molecular weight excluding hydrogens is 266 g/mol. The summed E-state index contributed by atoms with van der Waals surface area (Å²) in [4.78, 5) is 13.5. The van der Waals surface area contributed by atoms with Gasteiger partial charge in [-0.05, 0) is 37.2 Å². The van der Waals surface area contributed by atoms with Crippen molar-refractivity contribution in [2.45, 2.75) is 45.2 Å². The standard InChI is InChI=1S/C16H23N3O2/c1-2-8-17-16-13(4-3-5-15(16)19(20)21)11-18-10-12-6-7-14(18)9-12/h3-5,12,14,17H,2,6-11H2,1H3. The highest BCUT2D eigenvalue weighted by molar-refractivity contribution is 5.66. The van der Waals surface area contributed by atoms with E-state index in [-0.39, 0.29) is 10.6 Å². The van der Waals surface area contributed by atoms with E-state index in [0.717, 1.165) is 37.5 Å². The summed E-state index contributed by atoms with van der Waals surface area (Å²) in [7, 11) is 0. The summed E-state index contributed by atoms with van der Waals surface area (Å²) in [5.74, 6) is 0.848. The molecule has 114 valence electrons. The molecule has 2 fully saturated rings. The quantitative estimate of drug-likeness (QED) is 0.644. The zero-order valence-electron chi connectivity index (χ0n) is 12.5. The summed E-state index contributed by atoms with van der Waals surface area (Å²) in [5.41, 5.74) is 1.97. The van der Waals surface area contributed by atoms with Crippen LogP contribution in [0.15, 0.2) is 18.2 Å². The van der Waals surface area contributed by atoms with Crippen LogP contribution < -0.4 is 5.32 Å². The highest BCUT2D eigenvalue weighted by Crippen LogP contribution is 2.39. The van der Waals surface area contributed by atoms with Gasteiger partial charge in [0.25, 0.3) is 5.69 Å². The van der Waals surface area contributed by atoms with E-state index in [4.69, 9.17) is 0 Å². The number of likely N-dealkylation sites (tertiary alicyclic amines) is 1. The van der Waals surface area contributed by atoms with Crippen LogP contribution in [-0.4, -0.2) is 29.0 Å². The van der Waals surface area contributed by atoms with Gasteiger partial charge in [0.05, 0.1) is 4.92 Å². The van der Waals surface area contributed by atoms with E-state index >= 15 is 0 Å². The molecule has 2 unspecified atom stereocenters. The highest BCUT2D eigenvalue weighted by atomic mass is 16.6. The van der Waals surface area contributed by atoms with Crippen LogP contribution in [0.4, 0.5) is 11.4 Å². The molecule has 2 bridgehead atoms. The van der Waals surface area contributed by atoms with Crippen LogP contribution >= 0.6 is 0 Å². The Labute approximate surface area is 125 Å². The Morgan fingerprint density at radius 2 is 2.29 bits per heavy atom. The molecule has 0 spiro atoms. The van der Waals surface area contributed by atoms with E-state index in [1.807, 2.05) is 6.07 Å². The van der Waals surface area contributed by atoms with E-state index in [1.165, 1.54) is 19.3 Å². The number of nitrogens with one attached hydrogen (secondary N) is 1. The number of anilines is 1. The van der Waals surface area contributed by atoms with Gasteiger partial charge >= 0.3 is 0 Å². The van der Waals surface area contributed by atoms with Gasteiger partial charge in [0.15, 0.2) is 0 Å². The molecule has 1 N–H and O–H groups in total. The van der Waals surface area contributed by atoms with E-state index < -0.39 is 0 Å². The highest BCUT2D eigenvalue weighted by Gasteiger charge is 2.37. The molecular formula is C16H23N3O2. The number of benzene rings is 1. The van der Waals surface area contributed by atoms with Crippen molar-refractivity contribution in [3.8, 4) is 0 Å². The summed E-state index contributed by atoms with van der Waals surface area (Å²) >= 11 is 0. The fourth-order valence-electron chi connectivity index (χ4n) is 3.76. The molecule has 1 saturated heterocycles. The number of nitro groups is 1. The summed E-state index contributed by atoms with van der Waals surface area (Å²) in [6, 6.07) is 6.11. The van der Waals surface area contributed by atoms with Gasteiger partial charge in [-0.1, -0.05) is 19.1 Å². The predicted molar refractivity (Wildman–Crippen MR) is 83.4 cm³/mol. The lowest BCUT2D eigenvalue weighted by atomic mass is 10.1. The second kappa shape index (κ2) is 6.02. The molecule has 1 aliphatic carbocycles. The topological polar surface area (TPSA) is 58.4 Å². The van der Waals surface area contributed by atoms with Gasteiger partial charge in [-0.25, -0.2) is 0 Å². The normalized spacial score (nSPS) is 24.4. The Morgan fingerprint density at radius 1 is 1.43 bits per heavy atom. The van der Waals surface area contributed by atoms with Crippen LogP contribution in [0.3, 0.4) is 0 Å². The maximum atomic E-state index is 11.3. The Hall–Kier alpha value is -1.62. The smallest absolute Gasteiger partial charge is 0.292 e. The fourth-order valence-corrected chi connectivity index (χ4v) is 3.76. The van der Waals surface area contributed by atoms with Crippen LogP contribution in [0, 0.1) is 16.0 Å². The van der Waals surface area contributed by atoms with Crippen molar-refractivity contribution in [3.63, 3.8) is 0 Å². The monoisotopic (exact) mass is 289 g/mol. The van der Waals surface area contributed by atoms with Gasteiger partial charge in [-0.3, -0.25) is 15.0 Å². The largest absolute Gasteiger partial charge is 0.379 e. The minimum absolute atomic E-state index is 0.199. The van der Waals surface area contributed by atoms with Gasteiger partial charge in [-0.2, -0.15) is 0 Å². The SMILES string of the molecule is CCCNc1c(CN2CC3CCC2C3)cccc1[N+](=O)[O-]. The summed E-state index contributed by atoms with van der Waals surface area (Å²) < 4.78 is 0. The first-order chi connectivity index (χ1) is 10.2. The lowest BCUT2D eigenvalue weighted by molar-refractivity contribution is -0.384. The zero-order valence-corrected chi connectivity index (χ0v) is 12.5. The maximum Gasteiger partial charge on any atom is 0.292 e. The Bertz CT molecular complexity index is 532. The molecule has 1 aliphatic heterocycles. The Kier molecular flexibility index (Phi) is 4.10. The third kappa shape index (κ3) is 2.88. The molecule has 1 heterocycles. The molecule has 5 heteroatoms. The van der Waals surface area contributed by atoms with Crippen LogP contribution in [0.2, 0.25) is 0 Å². The summed E-state index contributed by atoms with van der Waals surface area (Å²) in [5, 5.41) is 14.5. The van der Waals surface area contributed by atoms with Gasteiger partial charge in [-0.15, -0.1) is 0 Å². The van der Waals surface area contributed by atoms with Crippen molar-refractivity contribution in [2.75, 3.05) is 18.4 Å². The molecule has 0 radical (unpaired) electrons. The van der Waals surface area contributed by atoms with Crippen molar-refractivity contribution in [1.29, 1.82) is 0 Å². The lowest BCUT2D eigenvalue weighted by Crippen LogP contribution is -2.31. The molecule has 0 aromatic heterocycles. The number of nitrogens with zero attached hydrogens (tertiary/aromatic N) is 2. The number of nitro benzene ring substituents is 1. The molecule has 1 aromatic rings. The second-order valence-corrected chi connectivity index (χ2v) is 6.26. The second-order valence-electron chi connectivity index (χ2n) is 6.26. The Balaban J connectivity index is 1.82. The van der Waals surface area contributed by atoms with E-state index in [0.29, 0.717) is 11.7 Å². The average molecular weight is 289 g/mol. The van der Waals surface area contributed by atoms with Gasteiger partial charge in [0, 0.05) is 31.7 Å². The molecule has 1 saturated carbocycles. The predicted octanol–water partition coefficient (Wildman–Crippen LogP) is 3.40. The molecule has 2 atom stereocenters. The first kappa shape index (κ1) is 14.3. The number of hydrogen-bond acceptors (Lipinski definition) is 4. The number of rotatable bonds is 6. The number of hydrogen-bond donors (Lipinski definition) is 1. The van der Waals surface area contributed by atoms with Crippen LogP contribution in [0.25, 0.3) is 0 Å². The minimum Gasteiger partial charge on any atom is -0.379 e. The van der Waals surface area contributed by atoms with Crippen molar-refractivity contribution >= 4 is 11.4 Å². The van der Waals surface area contributed by atoms with Gasteiger partial charge < -0.3 is 5.32 Å². The summed E-state index contributed by atoms with van der Waals surface area (Å²) in [6.45, 7) is 4.82. The number of fused-ring (bicyclic) bond motifs is 2. The first-order valence-electron chi connectivity index (χ1n) is 7.93. The fraction of sp³-hybridized carbons (Fsp3) is 0.625. The van der Waals surface area contributed by atoms with Crippen molar-refractivity contribution in [2.24, 2.45) is 5.92 Å². The number of piperidine rings is 1. The molecule has 21 heavy (non-hydrogen) atoms. The van der Waals surface area contributed by atoms with Crippen LogP contribution in [0.5, 0.6) is 0 Å². The number of para-hydroxylation sites is 1. The van der Waals surface area contributed by atoms with Crippen LogP contribution in [-0.2, 0) is 6.54 Å². The third-order valence-corrected chi connectivity index (χ3v) is 4.77. The first-order valence-corrected chi connectivity index (χ1v) is 7.93. The van der Waals surface area contributed by atoms with E-state index in [2.05, 4.69) is 17.1 Å². The van der Waals surface area contributed by atoms with Crippen LogP contribution in [0.1, 0.15) is 38.2 Å².